The third kappa shape index (κ3) is 2.83. The second kappa shape index (κ2) is 5.50. The molecule has 4 nitrogen and oxygen atoms in total. The zero-order valence-corrected chi connectivity index (χ0v) is 10.8. The van der Waals surface area contributed by atoms with E-state index in [2.05, 4.69) is 5.10 Å². The zero-order chi connectivity index (χ0) is 13.9. The Morgan fingerprint density at radius 3 is 2.53 bits per heavy atom. The summed E-state index contributed by atoms with van der Waals surface area (Å²) in [5.74, 6) is -0.384. The van der Waals surface area contributed by atoms with Crippen LogP contribution in [0, 0.1) is 5.82 Å². The predicted molar refractivity (Wildman–Crippen MR) is 69.2 cm³/mol. The molecular formula is C14H17FN2O2. The Morgan fingerprint density at radius 1 is 1.26 bits per heavy atom. The van der Waals surface area contributed by atoms with Crippen molar-refractivity contribution < 1.29 is 14.6 Å². The fourth-order valence-corrected chi connectivity index (χ4v) is 2.17. The van der Waals surface area contributed by atoms with Crippen molar-refractivity contribution in [3.63, 3.8) is 0 Å². The quantitative estimate of drug-likeness (QED) is 0.848. The van der Waals surface area contributed by atoms with Crippen LogP contribution in [0.1, 0.15) is 11.3 Å². The fourth-order valence-electron chi connectivity index (χ4n) is 2.17. The highest BCUT2D eigenvalue weighted by molar-refractivity contribution is 5.28. The summed E-state index contributed by atoms with van der Waals surface area (Å²) < 4.78 is 15.0. The molecular weight excluding hydrogens is 247 g/mol. The van der Waals surface area contributed by atoms with Crippen molar-refractivity contribution in [3.05, 3.63) is 53.6 Å². The van der Waals surface area contributed by atoms with E-state index in [1.807, 2.05) is 6.07 Å². The van der Waals surface area contributed by atoms with Crippen molar-refractivity contribution in [2.75, 3.05) is 13.2 Å². The van der Waals surface area contributed by atoms with Gasteiger partial charge >= 0.3 is 0 Å². The maximum Gasteiger partial charge on any atom is 0.123 e. The van der Waals surface area contributed by atoms with Gasteiger partial charge in [-0.3, -0.25) is 4.68 Å². The number of hydrogen-bond acceptors (Lipinski definition) is 3. The van der Waals surface area contributed by atoms with Crippen LogP contribution in [0.4, 0.5) is 4.39 Å². The molecule has 2 aromatic rings. The molecule has 0 saturated carbocycles. The van der Waals surface area contributed by atoms with Gasteiger partial charge in [0.25, 0.3) is 0 Å². The van der Waals surface area contributed by atoms with E-state index >= 15 is 0 Å². The van der Waals surface area contributed by atoms with E-state index in [9.17, 15) is 14.6 Å². The van der Waals surface area contributed by atoms with Crippen LogP contribution in [-0.4, -0.2) is 33.2 Å². The number of nitrogens with zero attached hydrogens (tertiary/aromatic N) is 2. The highest BCUT2D eigenvalue weighted by Crippen LogP contribution is 2.28. The van der Waals surface area contributed by atoms with Gasteiger partial charge in [-0.05, 0) is 23.8 Å². The lowest BCUT2D eigenvalue weighted by Gasteiger charge is -2.29. The van der Waals surface area contributed by atoms with E-state index in [4.69, 9.17) is 0 Å². The molecule has 2 N–H and O–H groups in total. The molecule has 0 aliphatic heterocycles. The van der Waals surface area contributed by atoms with Crippen molar-refractivity contribution in [2.24, 2.45) is 7.05 Å². The molecule has 1 aromatic carbocycles. The SMILES string of the molecule is Cn1ccc(CC(CO)(CO)c2cccc(F)c2)n1. The van der Waals surface area contributed by atoms with E-state index in [0.29, 0.717) is 12.0 Å². The molecule has 1 aromatic heterocycles. The molecule has 0 amide bonds. The van der Waals surface area contributed by atoms with Crippen LogP contribution in [0.25, 0.3) is 0 Å². The van der Waals surface area contributed by atoms with Crippen LogP contribution in [0.2, 0.25) is 0 Å². The van der Waals surface area contributed by atoms with Crippen LogP contribution >= 0.6 is 0 Å². The minimum atomic E-state index is -0.920. The van der Waals surface area contributed by atoms with Gasteiger partial charge in [0, 0.05) is 25.1 Å². The molecule has 0 aliphatic rings. The van der Waals surface area contributed by atoms with Crippen molar-refractivity contribution in [3.8, 4) is 0 Å². The Hall–Kier alpha value is -1.72. The van der Waals surface area contributed by atoms with Gasteiger partial charge in [-0.25, -0.2) is 4.39 Å². The summed E-state index contributed by atoms with van der Waals surface area (Å²) in [4.78, 5) is 0. The Bertz CT molecular complexity index is 550. The molecule has 5 heteroatoms. The first-order valence-electron chi connectivity index (χ1n) is 6.06. The van der Waals surface area contributed by atoms with Crippen LogP contribution in [0.5, 0.6) is 0 Å². The van der Waals surface area contributed by atoms with E-state index in [0.717, 1.165) is 5.69 Å². The standard InChI is InChI=1S/C14H17FN2O2/c1-17-6-5-13(16-17)8-14(9-18,10-19)11-3-2-4-12(15)7-11/h2-7,18-19H,8-10H2,1H3. The minimum absolute atomic E-state index is 0.274. The van der Waals surface area contributed by atoms with Gasteiger partial charge in [-0.15, -0.1) is 0 Å². The average molecular weight is 264 g/mol. The second-order valence-corrected chi connectivity index (χ2v) is 4.76. The Kier molecular flexibility index (Phi) is 3.97. The highest BCUT2D eigenvalue weighted by atomic mass is 19.1. The predicted octanol–water partition coefficient (Wildman–Crippen LogP) is 1.02. The fraction of sp³-hybridized carbons (Fsp3) is 0.357. The van der Waals surface area contributed by atoms with Gasteiger partial charge in [0.1, 0.15) is 5.82 Å². The Balaban J connectivity index is 2.37. The summed E-state index contributed by atoms with van der Waals surface area (Å²) in [7, 11) is 1.80. The molecule has 0 atom stereocenters. The second-order valence-electron chi connectivity index (χ2n) is 4.76. The van der Waals surface area contributed by atoms with Crippen LogP contribution in [0.3, 0.4) is 0 Å². The van der Waals surface area contributed by atoms with Crippen LogP contribution in [-0.2, 0) is 18.9 Å². The number of aromatic nitrogens is 2. The summed E-state index contributed by atoms with van der Waals surface area (Å²) in [6, 6.07) is 7.78. The van der Waals surface area contributed by atoms with E-state index in [1.54, 1.807) is 30.1 Å². The maximum absolute atomic E-state index is 13.3. The molecule has 0 spiro atoms. The van der Waals surface area contributed by atoms with E-state index < -0.39 is 5.41 Å². The first-order chi connectivity index (χ1) is 9.09. The van der Waals surface area contributed by atoms with Crippen LogP contribution < -0.4 is 0 Å². The number of halogens is 1. The summed E-state index contributed by atoms with van der Waals surface area (Å²) in [5, 5.41) is 23.6. The van der Waals surface area contributed by atoms with Gasteiger partial charge in [-0.1, -0.05) is 12.1 Å². The first kappa shape index (κ1) is 13.7. The first-order valence-corrected chi connectivity index (χ1v) is 6.06. The largest absolute Gasteiger partial charge is 0.395 e. The van der Waals surface area contributed by atoms with Gasteiger partial charge in [0.05, 0.1) is 18.9 Å². The molecule has 0 bridgehead atoms. The summed E-state index contributed by atoms with van der Waals surface area (Å²) in [5.41, 5.74) is 0.397. The number of aryl methyl sites for hydroxylation is 1. The van der Waals surface area contributed by atoms with E-state index in [-0.39, 0.29) is 19.0 Å². The molecule has 0 fully saturated rings. The monoisotopic (exact) mass is 264 g/mol. The molecule has 0 aliphatic carbocycles. The number of benzene rings is 1. The smallest absolute Gasteiger partial charge is 0.123 e. The normalized spacial score (nSPS) is 11.8. The van der Waals surface area contributed by atoms with Gasteiger partial charge < -0.3 is 10.2 Å². The number of hydrogen-bond donors (Lipinski definition) is 2. The topological polar surface area (TPSA) is 58.3 Å². The number of aliphatic hydroxyl groups is 2. The van der Waals surface area contributed by atoms with Crippen molar-refractivity contribution in [2.45, 2.75) is 11.8 Å². The zero-order valence-electron chi connectivity index (χ0n) is 10.8. The molecule has 102 valence electrons. The van der Waals surface area contributed by atoms with Crippen molar-refractivity contribution in [1.82, 2.24) is 9.78 Å². The lowest BCUT2D eigenvalue weighted by Crippen LogP contribution is -2.37. The summed E-state index contributed by atoms with van der Waals surface area (Å²) in [6.45, 7) is -0.549. The molecule has 0 saturated heterocycles. The number of rotatable bonds is 5. The summed E-state index contributed by atoms with van der Waals surface area (Å²) >= 11 is 0. The third-order valence-corrected chi connectivity index (χ3v) is 3.33. The molecule has 1 heterocycles. The Morgan fingerprint density at radius 2 is 2.00 bits per heavy atom. The van der Waals surface area contributed by atoms with Crippen LogP contribution in [0.15, 0.2) is 36.5 Å². The molecule has 19 heavy (non-hydrogen) atoms. The third-order valence-electron chi connectivity index (χ3n) is 3.33. The van der Waals surface area contributed by atoms with Gasteiger partial charge in [0.2, 0.25) is 0 Å². The number of aliphatic hydroxyl groups excluding tert-OH is 2. The highest BCUT2D eigenvalue weighted by Gasteiger charge is 2.32. The van der Waals surface area contributed by atoms with Crippen molar-refractivity contribution in [1.29, 1.82) is 0 Å². The average Bonchev–Trinajstić information content (AvgIpc) is 2.81. The summed E-state index contributed by atoms with van der Waals surface area (Å²) in [6.07, 6.45) is 2.14. The van der Waals surface area contributed by atoms with Crippen molar-refractivity contribution >= 4 is 0 Å². The minimum Gasteiger partial charge on any atom is -0.395 e. The molecule has 0 radical (unpaired) electrons. The van der Waals surface area contributed by atoms with E-state index in [1.165, 1.54) is 12.1 Å². The lowest BCUT2D eigenvalue weighted by atomic mass is 9.78. The molecule has 0 unspecified atom stereocenters. The van der Waals surface area contributed by atoms with Gasteiger partial charge in [0.15, 0.2) is 0 Å². The lowest BCUT2D eigenvalue weighted by molar-refractivity contribution is 0.115. The molecule has 2 rings (SSSR count). The maximum atomic E-state index is 13.3. The van der Waals surface area contributed by atoms with Gasteiger partial charge in [-0.2, -0.15) is 5.10 Å². The Labute approximate surface area is 111 Å².